The van der Waals surface area contributed by atoms with Gasteiger partial charge in [-0.15, -0.1) is 0 Å². The zero-order valence-electron chi connectivity index (χ0n) is 11.3. The van der Waals surface area contributed by atoms with E-state index in [-0.39, 0.29) is 0 Å². The van der Waals surface area contributed by atoms with Crippen molar-refractivity contribution in [1.29, 1.82) is 0 Å². The minimum atomic E-state index is -0.741. The van der Waals surface area contributed by atoms with Gasteiger partial charge in [0.2, 0.25) is 0 Å². The van der Waals surface area contributed by atoms with Gasteiger partial charge in [0.25, 0.3) is 5.78 Å². The maximum atomic E-state index is 10.3. The molecule has 2 aromatic rings. The van der Waals surface area contributed by atoms with E-state index in [9.17, 15) is 5.11 Å². The molecule has 2 heterocycles. The monoisotopic (exact) mass is 283 g/mol. The number of anilines is 1. The second-order valence-corrected chi connectivity index (χ2v) is 4.99. The summed E-state index contributed by atoms with van der Waals surface area (Å²) in [6.45, 7) is 6.21. The van der Waals surface area contributed by atoms with Crippen molar-refractivity contribution in [2.75, 3.05) is 11.9 Å². The summed E-state index contributed by atoms with van der Waals surface area (Å²) in [6, 6.07) is 0. The Hall–Kier alpha value is -1.40. The third-order valence-electron chi connectivity index (χ3n) is 3.51. The van der Waals surface area contributed by atoms with Crippen LogP contribution in [0.25, 0.3) is 5.78 Å². The predicted octanol–water partition coefficient (Wildman–Crippen LogP) is 2.05. The zero-order valence-corrected chi connectivity index (χ0v) is 12.1. The molecule has 0 aromatic carbocycles. The number of halogens is 1. The minimum absolute atomic E-state index is 0.388. The number of hydrogen-bond donors (Lipinski definition) is 2. The molecule has 0 radical (unpaired) electrons. The lowest BCUT2D eigenvalue weighted by Gasteiger charge is -2.26. The molecule has 6 nitrogen and oxygen atoms in total. The molecule has 0 unspecified atom stereocenters. The Bertz CT molecular complexity index is 579. The largest absolute Gasteiger partial charge is 0.388 e. The topological polar surface area (TPSA) is 75.3 Å². The predicted molar refractivity (Wildman–Crippen MR) is 74.6 cm³/mol. The van der Waals surface area contributed by atoms with Crippen LogP contribution in [0, 0.1) is 6.92 Å². The van der Waals surface area contributed by atoms with Crippen molar-refractivity contribution in [2.45, 2.75) is 39.2 Å². The Morgan fingerprint density at radius 1 is 1.42 bits per heavy atom. The highest BCUT2D eigenvalue weighted by Gasteiger charge is 2.23. The third-order valence-corrected chi connectivity index (χ3v) is 3.87. The Balaban J connectivity index is 2.34. The molecule has 0 spiro atoms. The number of fused-ring (bicyclic) bond motifs is 1. The molecular formula is C12H18ClN5O. The zero-order chi connectivity index (χ0) is 14.0. The van der Waals surface area contributed by atoms with Gasteiger partial charge in [0.15, 0.2) is 0 Å². The van der Waals surface area contributed by atoms with E-state index >= 15 is 0 Å². The lowest BCUT2D eigenvalue weighted by Crippen LogP contribution is -2.36. The van der Waals surface area contributed by atoms with Gasteiger partial charge in [0.1, 0.15) is 17.3 Å². The van der Waals surface area contributed by atoms with E-state index in [0.717, 1.165) is 5.56 Å². The molecule has 104 valence electrons. The first-order valence-corrected chi connectivity index (χ1v) is 6.70. The van der Waals surface area contributed by atoms with Crippen LogP contribution < -0.4 is 5.32 Å². The Morgan fingerprint density at radius 2 is 2.11 bits per heavy atom. The maximum absolute atomic E-state index is 10.3. The van der Waals surface area contributed by atoms with Crippen LogP contribution in [-0.2, 0) is 0 Å². The van der Waals surface area contributed by atoms with E-state index in [1.807, 2.05) is 20.8 Å². The number of rotatable bonds is 5. The molecule has 0 fully saturated rings. The van der Waals surface area contributed by atoms with Gasteiger partial charge in [-0.2, -0.15) is 19.6 Å². The summed E-state index contributed by atoms with van der Waals surface area (Å²) in [7, 11) is 0. The molecule has 0 aliphatic heterocycles. The fraction of sp³-hybridized carbons (Fsp3) is 0.583. The van der Waals surface area contributed by atoms with Crippen molar-refractivity contribution >= 4 is 23.2 Å². The van der Waals surface area contributed by atoms with Crippen LogP contribution in [0.5, 0.6) is 0 Å². The Labute approximate surface area is 116 Å². The molecule has 0 amide bonds. The van der Waals surface area contributed by atoms with Crippen LogP contribution in [-0.4, -0.2) is 36.8 Å². The first-order valence-electron chi connectivity index (χ1n) is 6.33. The van der Waals surface area contributed by atoms with Gasteiger partial charge in [0.05, 0.1) is 5.60 Å². The maximum Gasteiger partial charge on any atom is 0.255 e. The van der Waals surface area contributed by atoms with Crippen LogP contribution in [0.15, 0.2) is 6.33 Å². The van der Waals surface area contributed by atoms with Crippen molar-refractivity contribution < 1.29 is 5.11 Å². The highest BCUT2D eigenvalue weighted by Crippen LogP contribution is 2.23. The molecule has 0 saturated heterocycles. The molecule has 2 aromatic heterocycles. The normalized spacial score (nSPS) is 12.1. The van der Waals surface area contributed by atoms with Crippen LogP contribution in [0.1, 0.15) is 32.3 Å². The Morgan fingerprint density at radius 3 is 2.74 bits per heavy atom. The summed E-state index contributed by atoms with van der Waals surface area (Å²) in [5.74, 6) is 1.16. The van der Waals surface area contributed by atoms with Crippen LogP contribution in [0.3, 0.4) is 0 Å². The van der Waals surface area contributed by atoms with Crippen molar-refractivity contribution in [1.82, 2.24) is 19.6 Å². The van der Waals surface area contributed by atoms with E-state index in [0.29, 0.717) is 36.1 Å². The van der Waals surface area contributed by atoms with Crippen LogP contribution in [0.4, 0.5) is 5.82 Å². The highest BCUT2D eigenvalue weighted by atomic mass is 35.5. The molecule has 19 heavy (non-hydrogen) atoms. The van der Waals surface area contributed by atoms with Crippen molar-refractivity contribution in [3.05, 3.63) is 17.0 Å². The van der Waals surface area contributed by atoms with E-state index < -0.39 is 5.60 Å². The number of aromatic nitrogens is 4. The highest BCUT2D eigenvalue weighted by molar-refractivity contribution is 6.30. The van der Waals surface area contributed by atoms with Gasteiger partial charge in [-0.05, 0) is 19.8 Å². The lowest BCUT2D eigenvalue weighted by molar-refractivity contribution is 0.0456. The summed E-state index contributed by atoms with van der Waals surface area (Å²) >= 11 is 6.07. The fourth-order valence-electron chi connectivity index (χ4n) is 1.85. The molecular weight excluding hydrogens is 266 g/mol. The average molecular weight is 284 g/mol. The van der Waals surface area contributed by atoms with E-state index in [2.05, 4.69) is 20.4 Å². The molecule has 2 N–H and O–H groups in total. The van der Waals surface area contributed by atoms with Crippen LogP contribution >= 0.6 is 11.6 Å². The molecule has 0 aliphatic rings. The second-order valence-electron chi connectivity index (χ2n) is 4.63. The van der Waals surface area contributed by atoms with Crippen molar-refractivity contribution in [3.63, 3.8) is 0 Å². The van der Waals surface area contributed by atoms with Gasteiger partial charge < -0.3 is 10.4 Å². The number of aliphatic hydroxyl groups is 1. The quantitative estimate of drug-likeness (QED) is 0.822. The molecule has 7 heteroatoms. The summed E-state index contributed by atoms with van der Waals surface area (Å²) in [5, 5.41) is 18.0. The summed E-state index contributed by atoms with van der Waals surface area (Å²) < 4.78 is 1.59. The van der Waals surface area contributed by atoms with Gasteiger partial charge in [-0.25, -0.2) is 0 Å². The first kappa shape index (κ1) is 14.0. The minimum Gasteiger partial charge on any atom is -0.388 e. The van der Waals surface area contributed by atoms with Gasteiger partial charge in [-0.1, -0.05) is 25.4 Å². The standard InChI is InChI=1S/C12H18ClN5O/c1-4-12(19,5-2)6-14-10-8(3)9(13)17-11-15-7-16-18(10)11/h7,14,19H,4-6H2,1-3H3. The van der Waals surface area contributed by atoms with Gasteiger partial charge in [0, 0.05) is 12.1 Å². The fourth-order valence-corrected chi connectivity index (χ4v) is 2.02. The van der Waals surface area contributed by atoms with Crippen LogP contribution in [0.2, 0.25) is 5.15 Å². The summed E-state index contributed by atoms with van der Waals surface area (Å²) in [5.41, 5.74) is 0.0453. The SMILES string of the molecule is CCC(O)(CC)CNc1c(C)c(Cl)nc2ncnn12. The molecule has 0 saturated carbocycles. The lowest BCUT2D eigenvalue weighted by atomic mass is 9.97. The van der Waals surface area contributed by atoms with Crippen molar-refractivity contribution in [3.8, 4) is 0 Å². The van der Waals surface area contributed by atoms with E-state index in [1.165, 1.54) is 6.33 Å². The number of hydrogen-bond acceptors (Lipinski definition) is 5. The first-order chi connectivity index (χ1) is 9.00. The number of nitrogens with zero attached hydrogens (tertiary/aromatic N) is 4. The smallest absolute Gasteiger partial charge is 0.255 e. The second kappa shape index (κ2) is 5.30. The summed E-state index contributed by atoms with van der Waals surface area (Å²) in [4.78, 5) is 8.15. The van der Waals surface area contributed by atoms with E-state index in [4.69, 9.17) is 11.6 Å². The van der Waals surface area contributed by atoms with Gasteiger partial charge in [-0.3, -0.25) is 0 Å². The molecule has 0 bridgehead atoms. The van der Waals surface area contributed by atoms with Gasteiger partial charge >= 0.3 is 0 Å². The molecule has 2 rings (SSSR count). The molecule has 0 atom stereocenters. The van der Waals surface area contributed by atoms with Crippen molar-refractivity contribution in [2.24, 2.45) is 0 Å². The third kappa shape index (κ3) is 2.64. The molecule has 0 aliphatic carbocycles. The Kier molecular flexibility index (Phi) is 3.91. The summed E-state index contributed by atoms with van der Waals surface area (Å²) in [6.07, 6.45) is 2.78. The average Bonchev–Trinajstić information content (AvgIpc) is 2.86. The van der Waals surface area contributed by atoms with E-state index in [1.54, 1.807) is 4.52 Å². The number of nitrogens with one attached hydrogen (secondary N) is 1.